The molecule has 1 aliphatic rings. The first-order chi connectivity index (χ1) is 20.7. The van der Waals surface area contributed by atoms with Crippen LogP contribution in [0, 0.1) is 0 Å². The van der Waals surface area contributed by atoms with Crippen LogP contribution in [0.1, 0.15) is 55.0 Å². The average Bonchev–Trinajstić information content (AvgIpc) is 3.31. The van der Waals surface area contributed by atoms with Gasteiger partial charge in [0, 0.05) is 5.56 Å². The number of fused-ring (bicyclic) bond motifs is 1. The summed E-state index contributed by atoms with van der Waals surface area (Å²) >= 11 is 1.17. The minimum absolute atomic E-state index is 0.0981. The fraction of sp³-hybridized carbons (Fsp3) is 0.242. The van der Waals surface area contributed by atoms with E-state index in [1.165, 1.54) is 35.1 Å². The van der Waals surface area contributed by atoms with E-state index in [9.17, 15) is 18.4 Å². The molecule has 0 radical (unpaired) electrons. The normalized spacial score (nSPS) is 15.0. The van der Waals surface area contributed by atoms with E-state index in [0.717, 1.165) is 11.1 Å². The van der Waals surface area contributed by atoms with Gasteiger partial charge in [-0.1, -0.05) is 85.8 Å². The van der Waals surface area contributed by atoms with E-state index in [2.05, 4.69) is 18.6 Å². The molecular formula is C33H30F2N2O5S. The Morgan fingerprint density at radius 1 is 1.05 bits per heavy atom. The van der Waals surface area contributed by atoms with Crippen LogP contribution in [0.15, 0.2) is 88.2 Å². The van der Waals surface area contributed by atoms with Gasteiger partial charge in [-0.3, -0.25) is 9.36 Å². The summed E-state index contributed by atoms with van der Waals surface area (Å²) in [6.07, 6.45) is 1.63. The van der Waals surface area contributed by atoms with Crippen LogP contribution in [0.5, 0.6) is 11.5 Å². The van der Waals surface area contributed by atoms with E-state index in [4.69, 9.17) is 14.5 Å². The predicted molar refractivity (Wildman–Crippen MR) is 161 cm³/mol. The second-order valence-corrected chi connectivity index (χ2v) is 11.1. The summed E-state index contributed by atoms with van der Waals surface area (Å²) in [6.45, 7) is 3.06. The fourth-order valence-corrected chi connectivity index (χ4v) is 5.94. The molecule has 0 saturated carbocycles. The van der Waals surface area contributed by atoms with Gasteiger partial charge in [-0.05, 0) is 47.7 Å². The SMILES string of the molecule is CCOC(=O)C1=C(c2ccccc2)N=c2s/c(=C/c3ccc(OC(F)F)c(OC)c3)c(=O)n2[C@H]1c1ccc(C(C)C)cc1. The standard InChI is InChI=1S/C33H30F2N2O5S/c1-5-41-31(39)27-28(22-9-7-6-8-10-22)36-33-37(29(27)23-14-12-21(13-15-23)19(2)3)30(38)26(43-33)18-20-11-16-24(42-32(34)35)25(17-20)40-4/h6-19,29,32H,5H2,1-4H3/b26-18+/t29-/m0/s1. The number of thiazole rings is 1. The minimum Gasteiger partial charge on any atom is -0.493 e. The first-order valence-corrected chi connectivity index (χ1v) is 14.5. The van der Waals surface area contributed by atoms with E-state index >= 15 is 0 Å². The van der Waals surface area contributed by atoms with E-state index < -0.39 is 18.6 Å². The van der Waals surface area contributed by atoms with Crippen LogP contribution in [-0.2, 0) is 9.53 Å². The van der Waals surface area contributed by atoms with Crippen molar-refractivity contribution in [2.24, 2.45) is 4.99 Å². The second-order valence-electron chi connectivity index (χ2n) is 10.0. The van der Waals surface area contributed by atoms with Crippen molar-refractivity contribution in [1.82, 2.24) is 4.57 Å². The first kappa shape index (κ1) is 29.9. The maximum atomic E-state index is 14.1. The molecule has 3 aromatic carbocycles. The van der Waals surface area contributed by atoms with Gasteiger partial charge in [-0.15, -0.1) is 0 Å². The highest BCUT2D eigenvalue weighted by Gasteiger charge is 2.35. The maximum absolute atomic E-state index is 14.1. The number of ether oxygens (including phenoxy) is 3. The van der Waals surface area contributed by atoms with E-state index in [-0.39, 0.29) is 29.2 Å². The molecule has 0 saturated heterocycles. The van der Waals surface area contributed by atoms with Gasteiger partial charge < -0.3 is 14.2 Å². The lowest BCUT2D eigenvalue weighted by Crippen LogP contribution is -2.40. The molecule has 0 N–H and O–H groups in total. The van der Waals surface area contributed by atoms with Crippen LogP contribution in [-0.4, -0.2) is 30.9 Å². The summed E-state index contributed by atoms with van der Waals surface area (Å²) in [4.78, 5) is 32.9. The molecular weight excluding hydrogens is 574 g/mol. The Hall–Kier alpha value is -4.57. The van der Waals surface area contributed by atoms with Crippen LogP contribution in [0.25, 0.3) is 11.8 Å². The molecule has 2 heterocycles. The number of rotatable bonds is 9. The number of esters is 1. The van der Waals surface area contributed by atoms with Crippen molar-refractivity contribution in [2.75, 3.05) is 13.7 Å². The summed E-state index contributed by atoms with van der Waals surface area (Å²) < 4.78 is 42.8. The second kappa shape index (κ2) is 12.7. The van der Waals surface area contributed by atoms with Crippen molar-refractivity contribution in [3.8, 4) is 11.5 Å². The Kier molecular flexibility index (Phi) is 8.86. The highest BCUT2D eigenvalue weighted by atomic mass is 32.1. The van der Waals surface area contributed by atoms with Gasteiger partial charge in [-0.25, -0.2) is 9.79 Å². The molecule has 1 aromatic heterocycles. The number of aromatic nitrogens is 1. The molecule has 0 unspecified atom stereocenters. The third-order valence-corrected chi connectivity index (χ3v) is 7.98. The fourth-order valence-electron chi connectivity index (χ4n) is 4.94. The van der Waals surface area contributed by atoms with Crippen LogP contribution in [0.4, 0.5) is 8.78 Å². The number of nitrogens with zero attached hydrogens (tertiary/aromatic N) is 2. The van der Waals surface area contributed by atoms with Gasteiger partial charge in [0.25, 0.3) is 5.56 Å². The van der Waals surface area contributed by atoms with Gasteiger partial charge in [0.2, 0.25) is 0 Å². The van der Waals surface area contributed by atoms with Crippen molar-refractivity contribution in [3.63, 3.8) is 0 Å². The van der Waals surface area contributed by atoms with Crippen LogP contribution < -0.4 is 24.4 Å². The topological polar surface area (TPSA) is 79.1 Å². The minimum atomic E-state index is -3.01. The average molecular weight is 605 g/mol. The Bertz CT molecular complexity index is 1840. The zero-order valence-corrected chi connectivity index (χ0v) is 24.9. The molecule has 0 amide bonds. The van der Waals surface area contributed by atoms with Crippen molar-refractivity contribution in [3.05, 3.63) is 120 Å². The third-order valence-electron chi connectivity index (χ3n) is 6.99. The summed E-state index contributed by atoms with van der Waals surface area (Å²) in [5.41, 5.74) is 3.44. The van der Waals surface area contributed by atoms with Crippen molar-refractivity contribution in [2.45, 2.75) is 39.3 Å². The maximum Gasteiger partial charge on any atom is 0.387 e. The Labute approximate surface area is 251 Å². The lowest BCUT2D eigenvalue weighted by atomic mass is 9.91. The highest BCUT2D eigenvalue weighted by molar-refractivity contribution is 7.07. The monoisotopic (exact) mass is 604 g/mol. The number of benzene rings is 3. The molecule has 222 valence electrons. The van der Waals surface area contributed by atoms with Crippen LogP contribution >= 0.6 is 11.3 Å². The molecule has 0 aliphatic carbocycles. The highest BCUT2D eigenvalue weighted by Crippen LogP contribution is 2.36. The van der Waals surface area contributed by atoms with Crippen LogP contribution in [0.3, 0.4) is 0 Å². The lowest BCUT2D eigenvalue weighted by molar-refractivity contribution is -0.138. The van der Waals surface area contributed by atoms with Gasteiger partial charge in [-0.2, -0.15) is 8.78 Å². The summed E-state index contributed by atoms with van der Waals surface area (Å²) in [6, 6.07) is 20.8. The molecule has 43 heavy (non-hydrogen) atoms. The molecule has 10 heteroatoms. The van der Waals surface area contributed by atoms with Gasteiger partial charge >= 0.3 is 12.6 Å². The molecule has 5 rings (SSSR count). The molecule has 4 aromatic rings. The Morgan fingerprint density at radius 2 is 1.77 bits per heavy atom. The third kappa shape index (κ3) is 6.15. The smallest absolute Gasteiger partial charge is 0.387 e. The molecule has 7 nitrogen and oxygen atoms in total. The molecule has 0 bridgehead atoms. The Morgan fingerprint density at radius 3 is 2.40 bits per heavy atom. The number of alkyl halides is 2. The molecule has 1 aliphatic heterocycles. The number of carbonyl (C=O) groups excluding carboxylic acids is 1. The predicted octanol–water partition coefficient (Wildman–Crippen LogP) is 5.67. The summed E-state index contributed by atoms with van der Waals surface area (Å²) in [5, 5.41) is 0. The zero-order chi connectivity index (χ0) is 30.7. The quantitative estimate of drug-likeness (QED) is 0.230. The number of carbonyl (C=O) groups is 1. The number of hydrogen-bond acceptors (Lipinski definition) is 7. The number of halogens is 2. The summed E-state index contributed by atoms with van der Waals surface area (Å²) in [7, 11) is 1.35. The van der Waals surface area contributed by atoms with Crippen molar-refractivity contribution < 1.29 is 27.8 Å². The first-order valence-electron chi connectivity index (χ1n) is 13.7. The van der Waals surface area contributed by atoms with Gasteiger partial charge in [0.15, 0.2) is 16.3 Å². The van der Waals surface area contributed by atoms with Crippen LogP contribution in [0.2, 0.25) is 0 Å². The van der Waals surface area contributed by atoms with Gasteiger partial charge in [0.1, 0.15) is 0 Å². The molecule has 1 atom stereocenters. The molecule has 0 fully saturated rings. The Balaban J connectivity index is 1.75. The summed E-state index contributed by atoms with van der Waals surface area (Å²) in [5.74, 6) is -0.282. The van der Waals surface area contributed by atoms with Gasteiger partial charge in [0.05, 0.1) is 35.6 Å². The van der Waals surface area contributed by atoms with E-state index in [1.807, 2.05) is 54.6 Å². The van der Waals surface area contributed by atoms with E-state index in [0.29, 0.717) is 32.1 Å². The van der Waals surface area contributed by atoms with E-state index in [1.54, 1.807) is 19.1 Å². The van der Waals surface area contributed by atoms with Crippen molar-refractivity contribution >= 4 is 29.1 Å². The number of methoxy groups -OCH3 is 1. The zero-order valence-electron chi connectivity index (χ0n) is 24.0. The largest absolute Gasteiger partial charge is 0.493 e. The lowest BCUT2D eigenvalue weighted by Gasteiger charge is -2.26. The van der Waals surface area contributed by atoms with Crippen molar-refractivity contribution in [1.29, 1.82) is 0 Å². The number of hydrogen-bond donors (Lipinski definition) is 0. The molecule has 0 spiro atoms.